The SMILES string of the molecule is CCC1C(c2ccc(C(F)(F)F)cc2)=C(O)C(=O)N1Cc1ccncc1. The van der Waals surface area contributed by atoms with Crippen molar-refractivity contribution >= 4 is 11.5 Å². The zero-order chi connectivity index (χ0) is 18.9. The third kappa shape index (κ3) is 3.29. The van der Waals surface area contributed by atoms with Gasteiger partial charge in [-0.2, -0.15) is 13.2 Å². The van der Waals surface area contributed by atoms with E-state index in [0.717, 1.165) is 17.7 Å². The molecule has 0 radical (unpaired) electrons. The molecule has 1 atom stereocenters. The number of halogens is 3. The fourth-order valence-corrected chi connectivity index (χ4v) is 3.17. The van der Waals surface area contributed by atoms with Gasteiger partial charge in [0.05, 0.1) is 11.6 Å². The van der Waals surface area contributed by atoms with Crippen LogP contribution in [0.4, 0.5) is 13.2 Å². The van der Waals surface area contributed by atoms with E-state index in [4.69, 9.17) is 0 Å². The number of alkyl halides is 3. The Labute approximate surface area is 148 Å². The molecule has 3 rings (SSSR count). The van der Waals surface area contributed by atoms with Crippen LogP contribution in [0.25, 0.3) is 5.57 Å². The largest absolute Gasteiger partial charge is 0.503 e. The van der Waals surface area contributed by atoms with Crippen molar-refractivity contribution in [3.05, 3.63) is 71.2 Å². The molecule has 1 unspecified atom stereocenters. The first-order valence-electron chi connectivity index (χ1n) is 8.13. The lowest BCUT2D eigenvalue weighted by atomic mass is 9.96. The van der Waals surface area contributed by atoms with E-state index in [0.29, 0.717) is 17.6 Å². The van der Waals surface area contributed by atoms with Crippen molar-refractivity contribution in [2.75, 3.05) is 0 Å². The minimum absolute atomic E-state index is 0.286. The summed E-state index contributed by atoms with van der Waals surface area (Å²) < 4.78 is 38.3. The van der Waals surface area contributed by atoms with E-state index in [1.54, 1.807) is 24.5 Å². The standard InChI is InChI=1S/C19H17F3N2O2/c1-2-15-16(13-3-5-14(6-4-13)19(20,21)22)17(25)18(26)24(15)11-12-7-9-23-10-8-12/h3-10,15,25H,2,11H2,1H3. The summed E-state index contributed by atoms with van der Waals surface area (Å²) in [5, 5.41) is 10.3. The van der Waals surface area contributed by atoms with E-state index >= 15 is 0 Å². The van der Waals surface area contributed by atoms with Crippen LogP contribution in [0.1, 0.15) is 30.0 Å². The summed E-state index contributed by atoms with van der Waals surface area (Å²) in [5.41, 5.74) is 0.855. The van der Waals surface area contributed by atoms with Crippen LogP contribution in [-0.4, -0.2) is 26.9 Å². The van der Waals surface area contributed by atoms with Crippen molar-refractivity contribution in [1.29, 1.82) is 0 Å². The van der Waals surface area contributed by atoms with E-state index in [-0.39, 0.29) is 6.54 Å². The molecular weight excluding hydrogens is 345 g/mol. The molecule has 1 aromatic heterocycles. The minimum Gasteiger partial charge on any atom is -0.503 e. The third-order valence-electron chi connectivity index (χ3n) is 4.44. The average Bonchev–Trinajstić information content (AvgIpc) is 2.86. The molecule has 26 heavy (non-hydrogen) atoms. The number of hydrogen-bond donors (Lipinski definition) is 1. The van der Waals surface area contributed by atoms with Gasteiger partial charge in [-0.3, -0.25) is 9.78 Å². The van der Waals surface area contributed by atoms with Crippen LogP contribution in [0.5, 0.6) is 0 Å². The number of carbonyl (C=O) groups excluding carboxylic acids is 1. The smallest absolute Gasteiger partial charge is 0.416 e. The Morgan fingerprint density at radius 2 is 1.73 bits per heavy atom. The highest BCUT2D eigenvalue weighted by atomic mass is 19.4. The maximum Gasteiger partial charge on any atom is 0.416 e. The van der Waals surface area contributed by atoms with Crippen molar-refractivity contribution in [1.82, 2.24) is 9.88 Å². The first-order valence-corrected chi connectivity index (χ1v) is 8.13. The number of benzene rings is 1. The molecule has 4 nitrogen and oxygen atoms in total. The average molecular weight is 362 g/mol. The Balaban J connectivity index is 1.92. The predicted octanol–water partition coefficient (Wildman–Crippen LogP) is 4.19. The summed E-state index contributed by atoms with van der Waals surface area (Å²) in [6.07, 6.45) is -0.684. The summed E-state index contributed by atoms with van der Waals surface area (Å²) in [5.74, 6) is -0.936. The highest BCUT2D eigenvalue weighted by molar-refractivity contribution is 6.05. The molecule has 1 aliphatic heterocycles. The minimum atomic E-state index is -4.43. The van der Waals surface area contributed by atoms with Crippen molar-refractivity contribution in [3.8, 4) is 0 Å². The van der Waals surface area contributed by atoms with Crippen molar-refractivity contribution < 1.29 is 23.1 Å². The van der Waals surface area contributed by atoms with E-state index in [1.807, 2.05) is 6.92 Å². The summed E-state index contributed by atoms with van der Waals surface area (Å²) >= 11 is 0. The number of aromatic nitrogens is 1. The molecule has 0 fully saturated rings. The normalized spacial score (nSPS) is 17.9. The second-order valence-electron chi connectivity index (χ2n) is 6.05. The molecule has 0 spiro atoms. The van der Waals surface area contributed by atoms with Crippen LogP contribution in [-0.2, 0) is 17.5 Å². The highest BCUT2D eigenvalue weighted by Gasteiger charge is 2.39. The number of carbonyl (C=O) groups is 1. The Hall–Kier alpha value is -2.83. The Bertz CT molecular complexity index is 830. The molecule has 136 valence electrons. The zero-order valence-electron chi connectivity index (χ0n) is 14.0. The van der Waals surface area contributed by atoms with E-state index in [1.165, 1.54) is 17.0 Å². The number of nitrogens with zero attached hydrogens (tertiary/aromatic N) is 2. The molecule has 0 saturated carbocycles. The quantitative estimate of drug-likeness (QED) is 0.887. The number of rotatable bonds is 4. The van der Waals surface area contributed by atoms with Crippen molar-refractivity contribution in [2.24, 2.45) is 0 Å². The number of hydrogen-bond acceptors (Lipinski definition) is 3. The number of pyridine rings is 1. The van der Waals surface area contributed by atoms with E-state index in [9.17, 15) is 23.1 Å². The van der Waals surface area contributed by atoms with Crippen LogP contribution in [0, 0.1) is 0 Å². The molecule has 0 bridgehead atoms. The molecule has 7 heteroatoms. The summed E-state index contributed by atoms with van der Waals surface area (Å²) in [4.78, 5) is 18.0. The second kappa shape index (κ2) is 6.82. The monoisotopic (exact) mass is 362 g/mol. The summed E-state index contributed by atoms with van der Waals surface area (Å²) in [6.45, 7) is 2.15. The fourth-order valence-electron chi connectivity index (χ4n) is 3.17. The van der Waals surface area contributed by atoms with Gasteiger partial charge in [-0.25, -0.2) is 0 Å². The lowest BCUT2D eigenvalue weighted by Crippen LogP contribution is -2.34. The number of aliphatic hydroxyl groups is 1. The van der Waals surface area contributed by atoms with E-state index in [2.05, 4.69) is 4.98 Å². The first kappa shape index (κ1) is 18.0. The highest BCUT2D eigenvalue weighted by Crippen LogP contribution is 2.37. The Morgan fingerprint density at radius 1 is 1.12 bits per heavy atom. The maximum atomic E-state index is 12.8. The van der Waals surface area contributed by atoms with Gasteiger partial charge >= 0.3 is 6.18 Å². The molecule has 0 saturated heterocycles. The number of aliphatic hydroxyl groups excluding tert-OH is 1. The van der Waals surface area contributed by atoms with Crippen LogP contribution >= 0.6 is 0 Å². The summed E-state index contributed by atoms with van der Waals surface area (Å²) in [6, 6.07) is 7.63. The first-order chi connectivity index (χ1) is 12.3. The fraction of sp³-hybridized carbons (Fsp3) is 0.263. The van der Waals surface area contributed by atoms with Gasteiger partial charge in [-0.05, 0) is 41.8 Å². The summed E-state index contributed by atoms with van der Waals surface area (Å²) in [7, 11) is 0. The van der Waals surface area contributed by atoms with Crippen LogP contribution in [0.15, 0.2) is 54.6 Å². The van der Waals surface area contributed by atoms with E-state index < -0.39 is 29.4 Å². The zero-order valence-corrected chi connectivity index (χ0v) is 14.0. The van der Waals surface area contributed by atoms with Gasteiger partial charge in [0.15, 0.2) is 5.76 Å². The lowest BCUT2D eigenvalue weighted by Gasteiger charge is -2.26. The van der Waals surface area contributed by atoms with Gasteiger partial charge in [-0.1, -0.05) is 19.1 Å². The van der Waals surface area contributed by atoms with Crippen LogP contribution in [0.3, 0.4) is 0 Å². The molecule has 1 aromatic carbocycles. The Kier molecular flexibility index (Phi) is 4.71. The van der Waals surface area contributed by atoms with Crippen LogP contribution < -0.4 is 0 Å². The molecule has 2 heterocycles. The molecule has 1 N–H and O–H groups in total. The van der Waals surface area contributed by atoms with Gasteiger partial charge in [0.2, 0.25) is 0 Å². The topological polar surface area (TPSA) is 53.4 Å². The molecular formula is C19H17F3N2O2. The molecule has 1 aliphatic rings. The Morgan fingerprint density at radius 3 is 2.27 bits per heavy atom. The maximum absolute atomic E-state index is 12.8. The predicted molar refractivity (Wildman–Crippen MR) is 89.9 cm³/mol. The van der Waals surface area contributed by atoms with Gasteiger partial charge in [0.25, 0.3) is 5.91 Å². The van der Waals surface area contributed by atoms with Crippen molar-refractivity contribution in [2.45, 2.75) is 32.1 Å². The third-order valence-corrected chi connectivity index (χ3v) is 4.44. The molecule has 0 aliphatic carbocycles. The van der Waals surface area contributed by atoms with Gasteiger partial charge < -0.3 is 10.0 Å². The van der Waals surface area contributed by atoms with Crippen LogP contribution in [0.2, 0.25) is 0 Å². The second-order valence-corrected chi connectivity index (χ2v) is 6.05. The number of amides is 1. The lowest BCUT2D eigenvalue weighted by molar-refractivity contribution is -0.137. The van der Waals surface area contributed by atoms with Crippen molar-refractivity contribution in [3.63, 3.8) is 0 Å². The van der Waals surface area contributed by atoms with Gasteiger partial charge in [-0.15, -0.1) is 0 Å². The van der Waals surface area contributed by atoms with Gasteiger partial charge in [0, 0.05) is 24.5 Å². The molecule has 1 amide bonds. The molecule has 2 aromatic rings. The van der Waals surface area contributed by atoms with Gasteiger partial charge in [0.1, 0.15) is 0 Å².